The predicted molar refractivity (Wildman–Crippen MR) is 72.8 cm³/mol. The summed E-state index contributed by atoms with van der Waals surface area (Å²) < 4.78 is 22.9. The standard InChI is InChI=1S/C12H15NO3S2/c1-9-8-18(15,16)7-6-13(9)12(14)10-2-4-11(17)5-3-10/h2-5,9,17H,6-8H2,1H3. The molecule has 2 rings (SSSR count). The highest BCUT2D eigenvalue weighted by atomic mass is 32.2. The van der Waals surface area contributed by atoms with Crippen LogP contribution in [0.25, 0.3) is 0 Å². The van der Waals surface area contributed by atoms with Crippen LogP contribution in [-0.2, 0) is 9.84 Å². The van der Waals surface area contributed by atoms with Gasteiger partial charge < -0.3 is 4.90 Å². The van der Waals surface area contributed by atoms with E-state index >= 15 is 0 Å². The number of carbonyl (C=O) groups is 1. The van der Waals surface area contributed by atoms with Crippen molar-refractivity contribution in [2.24, 2.45) is 0 Å². The predicted octanol–water partition coefficient (Wildman–Crippen LogP) is 1.23. The summed E-state index contributed by atoms with van der Waals surface area (Å²) in [6.07, 6.45) is 0. The third kappa shape index (κ3) is 2.87. The molecule has 0 aliphatic carbocycles. The molecule has 1 aromatic carbocycles. The van der Waals surface area contributed by atoms with Gasteiger partial charge in [-0.2, -0.15) is 0 Å². The summed E-state index contributed by atoms with van der Waals surface area (Å²) in [4.78, 5) is 14.7. The van der Waals surface area contributed by atoms with Crippen molar-refractivity contribution in [3.8, 4) is 0 Å². The van der Waals surface area contributed by atoms with Crippen molar-refractivity contribution in [2.75, 3.05) is 18.1 Å². The molecule has 0 radical (unpaired) electrons. The van der Waals surface area contributed by atoms with E-state index < -0.39 is 9.84 Å². The van der Waals surface area contributed by atoms with E-state index in [-0.39, 0.29) is 30.0 Å². The summed E-state index contributed by atoms with van der Waals surface area (Å²) in [5.74, 6) is -0.0253. The van der Waals surface area contributed by atoms with Crippen molar-refractivity contribution in [1.29, 1.82) is 0 Å². The fourth-order valence-electron chi connectivity index (χ4n) is 2.07. The van der Waals surface area contributed by atoms with Gasteiger partial charge in [-0.25, -0.2) is 8.42 Å². The third-order valence-electron chi connectivity index (χ3n) is 3.05. The van der Waals surface area contributed by atoms with Gasteiger partial charge in [0.05, 0.1) is 11.5 Å². The second-order valence-electron chi connectivity index (χ2n) is 4.51. The second kappa shape index (κ2) is 4.93. The largest absolute Gasteiger partial charge is 0.334 e. The lowest BCUT2D eigenvalue weighted by atomic mass is 10.1. The molecule has 0 spiro atoms. The number of carbonyl (C=O) groups excluding carboxylic acids is 1. The van der Waals surface area contributed by atoms with Gasteiger partial charge in [-0.05, 0) is 31.2 Å². The highest BCUT2D eigenvalue weighted by Crippen LogP contribution is 2.16. The summed E-state index contributed by atoms with van der Waals surface area (Å²) in [5, 5.41) is 0. The molecular weight excluding hydrogens is 270 g/mol. The Balaban J connectivity index is 2.17. The monoisotopic (exact) mass is 285 g/mol. The molecule has 18 heavy (non-hydrogen) atoms. The van der Waals surface area contributed by atoms with Crippen molar-refractivity contribution in [2.45, 2.75) is 17.9 Å². The molecule has 1 atom stereocenters. The highest BCUT2D eigenvalue weighted by Gasteiger charge is 2.31. The first-order valence-corrected chi connectivity index (χ1v) is 7.96. The van der Waals surface area contributed by atoms with Crippen molar-refractivity contribution in [1.82, 2.24) is 4.90 Å². The molecule has 1 amide bonds. The molecule has 1 aromatic rings. The lowest BCUT2D eigenvalue weighted by molar-refractivity contribution is 0.0712. The van der Waals surface area contributed by atoms with E-state index in [4.69, 9.17) is 0 Å². The van der Waals surface area contributed by atoms with Crippen LogP contribution in [0.15, 0.2) is 29.2 Å². The Morgan fingerprint density at radius 3 is 2.50 bits per heavy atom. The van der Waals surface area contributed by atoms with Crippen LogP contribution in [0.1, 0.15) is 17.3 Å². The Morgan fingerprint density at radius 1 is 1.33 bits per heavy atom. The molecule has 98 valence electrons. The maximum absolute atomic E-state index is 12.2. The smallest absolute Gasteiger partial charge is 0.254 e. The van der Waals surface area contributed by atoms with Crippen LogP contribution in [0, 0.1) is 0 Å². The number of rotatable bonds is 1. The van der Waals surface area contributed by atoms with Gasteiger partial charge in [0.15, 0.2) is 9.84 Å². The lowest BCUT2D eigenvalue weighted by Crippen LogP contribution is -2.49. The average Bonchev–Trinajstić information content (AvgIpc) is 2.28. The molecule has 1 aliphatic heterocycles. The molecule has 1 heterocycles. The van der Waals surface area contributed by atoms with Crippen molar-refractivity contribution >= 4 is 28.4 Å². The maximum atomic E-state index is 12.2. The van der Waals surface area contributed by atoms with Gasteiger partial charge in [-0.3, -0.25) is 4.79 Å². The van der Waals surface area contributed by atoms with E-state index in [9.17, 15) is 13.2 Å². The minimum absolute atomic E-state index is 0.0450. The number of sulfone groups is 1. The van der Waals surface area contributed by atoms with Gasteiger partial charge in [0.25, 0.3) is 5.91 Å². The van der Waals surface area contributed by atoms with Crippen LogP contribution in [0.2, 0.25) is 0 Å². The first-order valence-electron chi connectivity index (χ1n) is 5.69. The summed E-state index contributed by atoms with van der Waals surface area (Å²) in [5.41, 5.74) is 0.568. The van der Waals surface area contributed by atoms with Crippen LogP contribution >= 0.6 is 12.6 Å². The number of hydrogen-bond donors (Lipinski definition) is 1. The molecule has 1 fully saturated rings. The minimum atomic E-state index is -2.99. The average molecular weight is 285 g/mol. The van der Waals surface area contributed by atoms with Gasteiger partial charge in [0.2, 0.25) is 0 Å². The molecular formula is C12H15NO3S2. The van der Waals surface area contributed by atoms with Crippen molar-refractivity contribution in [3.63, 3.8) is 0 Å². The zero-order valence-corrected chi connectivity index (χ0v) is 11.7. The topological polar surface area (TPSA) is 54.5 Å². The molecule has 6 heteroatoms. The molecule has 0 N–H and O–H groups in total. The first-order chi connectivity index (χ1) is 8.39. The Morgan fingerprint density at radius 2 is 1.94 bits per heavy atom. The number of nitrogens with zero attached hydrogens (tertiary/aromatic N) is 1. The number of hydrogen-bond acceptors (Lipinski definition) is 4. The van der Waals surface area contributed by atoms with Gasteiger partial charge in [0, 0.05) is 23.0 Å². The Bertz CT molecular complexity index is 551. The van der Waals surface area contributed by atoms with Crippen molar-refractivity contribution < 1.29 is 13.2 Å². The second-order valence-corrected chi connectivity index (χ2v) is 7.25. The van der Waals surface area contributed by atoms with E-state index in [1.54, 1.807) is 36.1 Å². The summed E-state index contributed by atoms with van der Waals surface area (Å²) >= 11 is 4.16. The minimum Gasteiger partial charge on any atom is -0.334 e. The van der Waals surface area contributed by atoms with Crippen LogP contribution < -0.4 is 0 Å². The van der Waals surface area contributed by atoms with E-state index in [2.05, 4.69) is 12.6 Å². The fourth-order valence-corrected chi connectivity index (χ4v) is 3.78. The van der Waals surface area contributed by atoms with E-state index in [0.717, 1.165) is 4.90 Å². The van der Waals surface area contributed by atoms with E-state index in [1.807, 2.05) is 0 Å². The number of benzene rings is 1. The van der Waals surface area contributed by atoms with Gasteiger partial charge in [-0.1, -0.05) is 0 Å². The molecule has 1 saturated heterocycles. The van der Waals surface area contributed by atoms with Gasteiger partial charge in [-0.15, -0.1) is 12.6 Å². The maximum Gasteiger partial charge on any atom is 0.254 e. The van der Waals surface area contributed by atoms with Crippen LogP contribution in [0.3, 0.4) is 0 Å². The molecule has 0 aromatic heterocycles. The number of amides is 1. The normalized spacial score (nSPS) is 22.8. The van der Waals surface area contributed by atoms with E-state index in [1.165, 1.54) is 0 Å². The van der Waals surface area contributed by atoms with Crippen LogP contribution in [-0.4, -0.2) is 43.3 Å². The highest BCUT2D eigenvalue weighted by molar-refractivity contribution is 7.91. The molecule has 0 saturated carbocycles. The SMILES string of the molecule is CC1CS(=O)(=O)CCN1C(=O)c1ccc(S)cc1. The molecule has 0 bridgehead atoms. The number of thiol groups is 1. The summed E-state index contributed by atoms with van der Waals surface area (Å²) in [7, 11) is -2.99. The third-order valence-corrected chi connectivity index (χ3v) is 5.14. The van der Waals surface area contributed by atoms with E-state index in [0.29, 0.717) is 5.56 Å². The molecule has 1 aliphatic rings. The summed E-state index contributed by atoms with van der Waals surface area (Å²) in [6, 6.07) is 6.65. The van der Waals surface area contributed by atoms with Gasteiger partial charge in [0.1, 0.15) is 0 Å². The van der Waals surface area contributed by atoms with Crippen LogP contribution in [0.5, 0.6) is 0 Å². The Kier molecular flexibility index (Phi) is 3.68. The lowest BCUT2D eigenvalue weighted by Gasteiger charge is -2.33. The summed E-state index contributed by atoms with van der Waals surface area (Å²) in [6.45, 7) is 2.03. The fraction of sp³-hybridized carbons (Fsp3) is 0.417. The Labute approximate surface area is 112 Å². The molecule has 4 nitrogen and oxygen atoms in total. The van der Waals surface area contributed by atoms with Crippen LogP contribution in [0.4, 0.5) is 0 Å². The molecule has 1 unspecified atom stereocenters. The van der Waals surface area contributed by atoms with Gasteiger partial charge >= 0.3 is 0 Å². The van der Waals surface area contributed by atoms with Crippen molar-refractivity contribution in [3.05, 3.63) is 29.8 Å². The quantitative estimate of drug-likeness (QED) is 0.790. The zero-order valence-electron chi connectivity index (χ0n) is 10.0. The zero-order chi connectivity index (χ0) is 13.3. The Hall–Kier alpha value is -1.01. The first kappa shape index (κ1) is 13.4.